The Morgan fingerprint density at radius 3 is 2.82 bits per heavy atom. The molecule has 0 radical (unpaired) electrons. The predicted molar refractivity (Wildman–Crippen MR) is 63.3 cm³/mol. The number of hydrogen-bond acceptors (Lipinski definition) is 4. The van der Waals surface area contributed by atoms with E-state index < -0.39 is 5.69 Å². The Morgan fingerprint density at radius 1 is 1.35 bits per heavy atom. The Labute approximate surface area is 97.8 Å². The van der Waals surface area contributed by atoms with E-state index in [0.29, 0.717) is 12.4 Å². The monoisotopic (exact) mass is 226 g/mol. The van der Waals surface area contributed by atoms with Gasteiger partial charge < -0.3 is 5.32 Å². The summed E-state index contributed by atoms with van der Waals surface area (Å²) >= 11 is 0. The highest BCUT2D eigenvalue weighted by molar-refractivity contribution is 5.39. The molecular formula is C12H10N4O. The number of aromatic amines is 1. The van der Waals surface area contributed by atoms with Crippen molar-refractivity contribution in [2.24, 2.45) is 0 Å². The molecule has 0 fully saturated rings. The van der Waals surface area contributed by atoms with Gasteiger partial charge in [-0.25, -0.2) is 4.79 Å². The van der Waals surface area contributed by atoms with Crippen LogP contribution in [0.5, 0.6) is 0 Å². The molecule has 0 aliphatic rings. The minimum Gasteiger partial charge on any atom is -0.366 e. The number of H-pyrrole nitrogens is 1. The Bertz CT molecular complexity index is 598. The third-order valence-corrected chi connectivity index (χ3v) is 2.18. The van der Waals surface area contributed by atoms with E-state index in [0.717, 1.165) is 5.56 Å². The fourth-order valence-corrected chi connectivity index (χ4v) is 1.40. The third kappa shape index (κ3) is 2.92. The average molecular weight is 226 g/mol. The average Bonchev–Trinajstić information content (AvgIpc) is 2.37. The van der Waals surface area contributed by atoms with Crippen LogP contribution in [0.2, 0.25) is 0 Å². The largest absolute Gasteiger partial charge is 0.366 e. The SMILES string of the molecule is N#Cc1cc(NCc2ccccc2)nc(=O)[nH]1. The molecule has 2 N–H and O–H groups in total. The first-order chi connectivity index (χ1) is 8.28. The minimum atomic E-state index is -0.528. The second-order valence-corrected chi connectivity index (χ2v) is 3.44. The molecule has 5 heteroatoms. The molecule has 0 amide bonds. The van der Waals surface area contributed by atoms with E-state index in [2.05, 4.69) is 15.3 Å². The first kappa shape index (κ1) is 10.9. The third-order valence-electron chi connectivity index (χ3n) is 2.18. The Hall–Kier alpha value is -2.61. The van der Waals surface area contributed by atoms with Gasteiger partial charge in [0.05, 0.1) is 0 Å². The van der Waals surface area contributed by atoms with E-state index in [-0.39, 0.29) is 5.69 Å². The number of anilines is 1. The summed E-state index contributed by atoms with van der Waals surface area (Å²) < 4.78 is 0. The summed E-state index contributed by atoms with van der Waals surface area (Å²) in [6, 6.07) is 13.1. The van der Waals surface area contributed by atoms with Gasteiger partial charge in [0.15, 0.2) is 0 Å². The molecule has 2 rings (SSSR count). The molecule has 0 aliphatic carbocycles. The summed E-state index contributed by atoms with van der Waals surface area (Å²) in [4.78, 5) is 17.2. The maximum atomic E-state index is 11.1. The standard InChI is InChI=1S/C12H10N4O/c13-7-10-6-11(16-12(17)15-10)14-8-9-4-2-1-3-5-9/h1-6H,8H2,(H2,14,15,16,17). The Kier molecular flexibility index (Phi) is 3.17. The van der Waals surface area contributed by atoms with Crippen LogP contribution in [0.25, 0.3) is 0 Å². The topological polar surface area (TPSA) is 81.6 Å². The van der Waals surface area contributed by atoms with Gasteiger partial charge in [-0.3, -0.25) is 4.98 Å². The zero-order valence-electron chi connectivity index (χ0n) is 8.97. The van der Waals surface area contributed by atoms with Crippen molar-refractivity contribution < 1.29 is 0 Å². The van der Waals surface area contributed by atoms with Gasteiger partial charge >= 0.3 is 5.69 Å². The summed E-state index contributed by atoms with van der Waals surface area (Å²) in [5, 5.41) is 11.7. The van der Waals surface area contributed by atoms with Gasteiger partial charge in [-0.2, -0.15) is 10.2 Å². The molecule has 2 aromatic rings. The highest BCUT2D eigenvalue weighted by Gasteiger charge is 1.99. The van der Waals surface area contributed by atoms with Crippen molar-refractivity contribution in [2.45, 2.75) is 6.54 Å². The van der Waals surface area contributed by atoms with Crippen LogP contribution in [0.15, 0.2) is 41.2 Å². The zero-order chi connectivity index (χ0) is 12.1. The Balaban J connectivity index is 2.12. The van der Waals surface area contributed by atoms with Gasteiger partial charge in [0, 0.05) is 12.6 Å². The fraction of sp³-hybridized carbons (Fsp3) is 0.0833. The number of aromatic nitrogens is 2. The molecule has 0 saturated carbocycles. The maximum absolute atomic E-state index is 11.1. The lowest BCUT2D eigenvalue weighted by Crippen LogP contribution is -2.14. The molecule has 0 unspecified atom stereocenters. The van der Waals surface area contributed by atoms with Crippen molar-refractivity contribution in [3.63, 3.8) is 0 Å². The smallest absolute Gasteiger partial charge is 0.347 e. The predicted octanol–water partition coefficient (Wildman–Crippen LogP) is 1.25. The first-order valence-corrected chi connectivity index (χ1v) is 5.07. The number of rotatable bonds is 3. The van der Waals surface area contributed by atoms with Crippen LogP contribution in [0.4, 0.5) is 5.82 Å². The van der Waals surface area contributed by atoms with Crippen molar-refractivity contribution in [3.8, 4) is 6.07 Å². The van der Waals surface area contributed by atoms with Gasteiger partial charge in [0.1, 0.15) is 17.6 Å². The van der Waals surface area contributed by atoms with Crippen LogP contribution in [0, 0.1) is 11.3 Å². The van der Waals surface area contributed by atoms with Crippen LogP contribution in [-0.2, 0) is 6.54 Å². The lowest BCUT2D eigenvalue weighted by Gasteiger charge is -2.04. The number of nitrogens with zero attached hydrogens (tertiary/aromatic N) is 2. The first-order valence-electron chi connectivity index (χ1n) is 5.07. The van der Waals surface area contributed by atoms with Crippen molar-refractivity contribution in [1.82, 2.24) is 9.97 Å². The van der Waals surface area contributed by atoms with Crippen LogP contribution < -0.4 is 11.0 Å². The summed E-state index contributed by atoms with van der Waals surface area (Å²) in [5.41, 5.74) is 0.744. The number of hydrogen-bond donors (Lipinski definition) is 2. The number of benzene rings is 1. The highest BCUT2D eigenvalue weighted by atomic mass is 16.1. The molecule has 84 valence electrons. The summed E-state index contributed by atoms with van der Waals surface area (Å²) in [6.45, 7) is 0.558. The van der Waals surface area contributed by atoms with Crippen LogP contribution in [-0.4, -0.2) is 9.97 Å². The van der Waals surface area contributed by atoms with Crippen molar-refractivity contribution in [2.75, 3.05) is 5.32 Å². The molecule has 0 bridgehead atoms. The van der Waals surface area contributed by atoms with E-state index >= 15 is 0 Å². The molecule has 17 heavy (non-hydrogen) atoms. The highest BCUT2D eigenvalue weighted by Crippen LogP contribution is 2.04. The second kappa shape index (κ2) is 4.94. The summed E-state index contributed by atoms with van der Waals surface area (Å²) in [7, 11) is 0. The normalized spacial score (nSPS) is 9.59. The fourth-order valence-electron chi connectivity index (χ4n) is 1.40. The van der Waals surface area contributed by atoms with Gasteiger partial charge in [-0.1, -0.05) is 30.3 Å². The van der Waals surface area contributed by atoms with Crippen LogP contribution in [0.1, 0.15) is 11.3 Å². The molecule has 0 spiro atoms. The number of nitrogens with one attached hydrogen (secondary N) is 2. The van der Waals surface area contributed by atoms with Crippen LogP contribution >= 0.6 is 0 Å². The molecular weight excluding hydrogens is 216 g/mol. The quantitative estimate of drug-likeness (QED) is 0.825. The van der Waals surface area contributed by atoms with Crippen LogP contribution in [0.3, 0.4) is 0 Å². The number of nitriles is 1. The molecule has 0 atom stereocenters. The van der Waals surface area contributed by atoms with Crippen molar-refractivity contribution in [1.29, 1.82) is 5.26 Å². The minimum absolute atomic E-state index is 0.195. The zero-order valence-corrected chi connectivity index (χ0v) is 8.97. The molecule has 0 saturated heterocycles. The molecule has 5 nitrogen and oxygen atoms in total. The van der Waals surface area contributed by atoms with Gasteiger partial charge in [-0.15, -0.1) is 0 Å². The van der Waals surface area contributed by atoms with Gasteiger partial charge in [-0.05, 0) is 5.56 Å². The van der Waals surface area contributed by atoms with Crippen molar-refractivity contribution >= 4 is 5.82 Å². The molecule has 1 aromatic heterocycles. The van der Waals surface area contributed by atoms with E-state index in [1.807, 2.05) is 36.4 Å². The van der Waals surface area contributed by atoms with Gasteiger partial charge in [0.25, 0.3) is 0 Å². The second-order valence-electron chi connectivity index (χ2n) is 3.44. The molecule has 1 aromatic carbocycles. The van der Waals surface area contributed by atoms with E-state index in [4.69, 9.17) is 5.26 Å². The van der Waals surface area contributed by atoms with Gasteiger partial charge in [0.2, 0.25) is 0 Å². The molecule has 0 aliphatic heterocycles. The van der Waals surface area contributed by atoms with Crippen molar-refractivity contribution in [3.05, 3.63) is 58.1 Å². The lowest BCUT2D eigenvalue weighted by molar-refractivity contribution is 1.02. The molecule has 1 heterocycles. The van der Waals surface area contributed by atoms with E-state index in [1.54, 1.807) is 0 Å². The maximum Gasteiger partial charge on any atom is 0.347 e. The van der Waals surface area contributed by atoms with E-state index in [9.17, 15) is 4.79 Å². The summed E-state index contributed by atoms with van der Waals surface area (Å²) in [6.07, 6.45) is 0. The Morgan fingerprint density at radius 2 is 2.12 bits per heavy atom. The summed E-state index contributed by atoms with van der Waals surface area (Å²) in [5.74, 6) is 0.397. The lowest BCUT2D eigenvalue weighted by atomic mass is 10.2. The van der Waals surface area contributed by atoms with E-state index in [1.165, 1.54) is 6.07 Å².